The number of nitrogens with two attached hydrogens (primary N) is 1. The van der Waals surface area contributed by atoms with E-state index < -0.39 is 23.7 Å². The SMILES string of the molecule is CCOC(=O)c1cc(C#N)c(C(F)F)nc1N. The summed E-state index contributed by atoms with van der Waals surface area (Å²) in [6.07, 6.45) is -2.93. The molecule has 2 N–H and O–H groups in total. The fourth-order valence-electron chi connectivity index (χ4n) is 1.17. The number of carbonyl (C=O) groups is 1. The van der Waals surface area contributed by atoms with Crippen molar-refractivity contribution in [3.8, 4) is 6.07 Å². The number of ether oxygens (including phenoxy) is 1. The zero-order chi connectivity index (χ0) is 13.0. The van der Waals surface area contributed by atoms with Crippen molar-refractivity contribution in [1.29, 1.82) is 5.26 Å². The number of nitrogens with zero attached hydrogens (tertiary/aromatic N) is 2. The first-order chi connectivity index (χ1) is 8.01. The molecule has 0 spiro atoms. The largest absolute Gasteiger partial charge is 0.462 e. The van der Waals surface area contributed by atoms with Crippen molar-refractivity contribution in [2.75, 3.05) is 12.3 Å². The van der Waals surface area contributed by atoms with Crippen LogP contribution in [0.15, 0.2) is 6.07 Å². The second-order valence-corrected chi connectivity index (χ2v) is 2.99. The highest BCUT2D eigenvalue weighted by Crippen LogP contribution is 2.24. The van der Waals surface area contributed by atoms with Gasteiger partial charge in [0.15, 0.2) is 0 Å². The maximum Gasteiger partial charge on any atom is 0.341 e. The summed E-state index contributed by atoms with van der Waals surface area (Å²) in [5, 5.41) is 8.68. The van der Waals surface area contributed by atoms with Crippen molar-refractivity contribution in [3.05, 3.63) is 22.9 Å². The van der Waals surface area contributed by atoms with Gasteiger partial charge < -0.3 is 10.5 Å². The lowest BCUT2D eigenvalue weighted by Gasteiger charge is -2.08. The molecule has 0 amide bonds. The Morgan fingerprint density at radius 3 is 2.82 bits per heavy atom. The van der Waals surface area contributed by atoms with E-state index in [4.69, 9.17) is 11.0 Å². The van der Waals surface area contributed by atoms with E-state index in [0.717, 1.165) is 6.07 Å². The molecule has 17 heavy (non-hydrogen) atoms. The highest BCUT2D eigenvalue weighted by molar-refractivity contribution is 5.94. The van der Waals surface area contributed by atoms with Gasteiger partial charge in [-0.15, -0.1) is 0 Å². The minimum atomic E-state index is -2.93. The molecule has 90 valence electrons. The van der Waals surface area contributed by atoms with E-state index in [9.17, 15) is 13.6 Å². The van der Waals surface area contributed by atoms with Gasteiger partial charge in [0.05, 0.1) is 12.2 Å². The lowest BCUT2D eigenvalue weighted by molar-refractivity contribution is 0.0526. The van der Waals surface area contributed by atoms with E-state index in [2.05, 4.69) is 9.72 Å². The molecule has 0 unspecified atom stereocenters. The van der Waals surface area contributed by atoms with Gasteiger partial charge in [0.1, 0.15) is 23.1 Å². The molecule has 1 aromatic heterocycles. The van der Waals surface area contributed by atoms with E-state index in [-0.39, 0.29) is 18.0 Å². The molecule has 0 aliphatic rings. The first-order valence-electron chi connectivity index (χ1n) is 4.67. The van der Waals surface area contributed by atoms with Crippen molar-refractivity contribution in [2.45, 2.75) is 13.3 Å². The minimum absolute atomic E-state index is 0.108. The molecular formula is C10H9F2N3O2. The fraction of sp³-hybridized carbons (Fsp3) is 0.300. The Morgan fingerprint density at radius 1 is 1.71 bits per heavy atom. The number of esters is 1. The van der Waals surface area contributed by atoms with Crippen LogP contribution < -0.4 is 5.73 Å². The predicted octanol–water partition coefficient (Wildman–Crippen LogP) is 1.65. The number of anilines is 1. The Morgan fingerprint density at radius 2 is 2.35 bits per heavy atom. The number of alkyl halides is 2. The van der Waals surface area contributed by atoms with E-state index >= 15 is 0 Å². The van der Waals surface area contributed by atoms with Gasteiger partial charge >= 0.3 is 5.97 Å². The Labute approximate surface area is 95.8 Å². The van der Waals surface area contributed by atoms with Crippen LogP contribution >= 0.6 is 0 Å². The zero-order valence-electron chi connectivity index (χ0n) is 8.91. The summed E-state index contributed by atoms with van der Waals surface area (Å²) in [6, 6.07) is 2.50. The van der Waals surface area contributed by atoms with E-state index in [1.54, 1.807) is 6.92 Å². The summed E-state index contributed by atoms with van der Waals surface area (Å²) in [7, 11) is 0. The molecule has 1 aromatic rings. The van der Waals surface area contributed by atoms with Gasteiger partial charge in [0.2, 0.25) is 0 Å². The summed E-state index contributed by atoms with van der Waals surface area (Å²) in [5.74, 6) is -1.17. The lowest BCUT2D eigenvalue weighted by atomic mass is 10.1. The quantitative estimate of drug-likeness (QED) is 0.812. The van der Waals surface area contributed by atoms with Crippen molar-refractivity contribution in [2.24, 2.45) is 0 Å². The summed E-state index contributed by atoms with van der Waals surface area (Å²) in [6.45, 7) is 1.69. The van der Waals surface area contributed by atoms with Crippen LogP contribution in [0.25, 0.3) is 0 Å². The van der Waals surface area contributed by atoms with Crippen LogP contribution in [0.2, 0.25) is 0 Å². The van der Waals surface area contributed by atoms with Crippen molar-refractivity contribution < 1.29 is 18.3 Å². The summed E-state index contributed by atoms with van der Waals surface area (Å²) in [4.78, 5) is 14.7. The number of rotatable bonds is 3. The average Bonchev–Trinajstić information content (AvgIpc) is 2.28. The molecule has 0 aromatic carbocycles. The van der Waals surface area contributed by atoms with Crippen molar-refractivity contribution in [3.63, 3.8) is 0 Å². The second-order valence-electron chi connectivity index (χ2n) is 2.99. The standard InChI is InChI=1S/C10H9F2N3O2/c1-2-17-10(16)6-3-5(4-13)7(8(11)12)15-9(6)14/h3,8H,2H2,1H3,(H2,14,15). The van der Waals surface area contributed by atoms with Crippen molar-refractivity contribution >= 4 is 11.8 Å². The lowest BCUT2D eigenvalue weighted by Crippen LogP contribution is -2.12. The third-order valence-electron chi connectivity index (χ3n) is 1.90. The van der Waals surface area contributed by atoms with Gasteiger partial charge in [-0.05, 0) is 13.0 Å². The molecule has 7 heteroatoms. The van der Waals surface area contributed by atoms with Crippen LogP contribution in [-0.2, 0) is 4.74 Å². The Balaban J connectivity index is 3.28. The molecule has 1 rings (SSSR count). The number of nitrogen functional groups attached to an aromatic ring is 1. The van der Waals surface area contributed by atoms with E-state index in [1.807, 2.05) is 0 Å². The predicted molar refractivity (Wildman–Crippen MR) is 54.3 cm³/mol. The van der Waals surface area contributed by atoms with Crippen LogP contribution in [0.3, 0.4) is 0 Å². The minimum Gasteiger partial charge on any atom is -0.462 e. The Hall–Kier alpha value is -2.23. The van der Waals surface area contributed by atoms with Crippen LogP contribution in [0.1, 0.15) is 35.0 Å². The van der Waals surface area contributed by atoms with Crippen molar-refractivity contribution in [1.82, 2.24) is 4.98 Å². The molecule has 1 heterocycles. The first-order valence-corrected chi connectivity index (χ1v) is 4.67. The van der Waals surface area contributed by atoms with Gasteiger partial charge in [0, 0.05) is 0 Å². The number of nitriles is 1. The first kappa shape index (κ1) is 12.8. The van der Waals surface area contributed by atoms with Crippen LogP contribution in [0, 0.1) is 11.3 Å². The molecular weight excluding hydrogens is 232 g/mol. The molecule has 0 atom stereocenters. The van der Waals surface area contributed by atoms with E-state index in [0.29, 0.717) is 0 Å². The third-order valence-corrected chi connectivity index (χ3v) is 1.90. The van der Waals surface area contributed by atoms with E-state index in [1.165, 1.54) is 6.07 Å². The highest BCUT2D eigenvalue weighted by Gasteiger charge is 2.21. The number of carbonyl (C=O) groups excluding carboxylic acids is 1. The number of aromatic nitrogens is 1. The smallest absolute Gasteiger partial charge is 0.341 e. The number of hydrogen-bond donors (Lipinski definition) is 1. The highest BCUT2D eigenvalue weighted by atomic mass is 19.3. The number of halogens is 2. The number of hydrogen-bond acceptors (Lipinski definition) is 5. The Kier molecular flexibility index (Phi) is 3.93. The van der Waals surface area contributed by atoms with Gasteiger partial charge in [0.25, 0.3) is 6.43 Å². The van der Waals surface area contributed by atoms with Crippen LogP contribution in [-0.4, -0.2) is 17.6 Å². The Bertz CT molecular complexity index is 483. The van der Waals surface area contributed by atoms with Gasteiger partial charge in [-0.25, -0.2) is 18.6 Å². The number of pyridine rings is 1. The second kappa shape index (κ2) is 5.21. The average molecular weight is 241 g/mol. The fourth-order valence-corrected chi connectivity index (χ4v) is 1.17. The molecule has 0 aliphatic heterocycles. The normalized spacial score (nSPS) is 10.1. The summed E-state index contributed by atoms with van der Waals surface area (Å²) < 4.78 is 29.6. The van der Waals surface area contributed by atoms with Crippen LogP contribution in [0.5, 0.6) is 0 Å². The molecule has 0 saturated carbocycles. The molecule has 0 aliphatic carbocycles. The topological polar surface area (TPSA) is 89.0 Å². The molecule has 0 saturated heterocycles. The molecule has 5 nitrogen and oxygen atoms in total. The van der Waals surface area contributed by atoms with Gasteiger partial charge in [-0.1, -0.05) is 0 Å². The molecule has 0 fully saturated rings. The van der Waals surface area contributed by atoms with Crippen LogP contribution in [0.4, 0.5) is 14.6 Å². The monoisotopic (exact) mass is 241 g/mol. The summed E-state index contributed by atoms with van der Waals surface area (Å²) >= 11 is 0. The van der Waals surface area contributed by atoms with Gasteiger partial charge in [-0.3, -0.25) is 0 Å². The van der Waals surface area contributed by atoms with Gasteiger partial charge in [-0.2, -0.15) is 5.26 Å². The third kappa shape index (κ3) is 2.66. The summed E-state index contributed by atoms with van der Waals surface area (Å²) in [5.41, 5.74) is 4.04. The molecule has 0 radical (unpaired) electrons. The zero-order valence-corrected chi connectivity index (χ0v) is 8.91. The maximum absolute atomic E-state index is 12.5. The maximum atomic E-state index is 12.5. The molecule has 0 bridgehead atoms.